The Morgan fingerprint density at radius 1 is 0.639 bits per heavy atom. The molecule has 2 atom stereocenters. The van der Waals surface area contributed by atoms with Crippen molar-refractivity contribution < 1.29 is 61.9 Å². The number of rotatable bonds is 30. The summed E-state index contributed by atoms with van der Waals surface area (Å²) < 4.78 is 47.0. The molecule has 5 aromatic rings. The van der Waals surface area contributed by atoms with Gasteiger partial charge in [-0.25, -0.2) is 4.79 Å². The first-order chi connectivity index (χ1) is 40.3. The molecule has 21 heteroatoms. The smallest absolute Gasteiger partial charge is 0.431 e. The van der Waals surface area contributed by atoms with Crippen LogP contribution in [0.1, 0.15) is 62.2 Å². The zero-order valence-electron chi connectivity index (χ0n) is 48.2. The number of anilines is 3. The lowest BCUT2D eigenvalue weighted by molar-refractivity contribution is -0.121. The van der Waals surface area contributed by atoms with E-state index in [1.807, 2.05) is 79.2 Å². The predicted molar refractivity (Wildman–Crippen MR) is 320 cm³/mol. The van der Waals surface area contributed by atoms with Gasteiger partial charge in [0.15, 0.2) is 23.0 Å². The van der Waals surface area contributed by atoms with Crippen molar-refractivity contribution >= 4 is 72.8 Å². The van der Waals surface area contributed by atoms with Gasteiger partial charge >= 0.3 is 6.09 Å². The topological polar surface area (TPSA) is 210 Å². The van der Waals surface area contributed by atoms with Crippen molar-refractivity contribution in [2.24, 2.45) is 9.98 Å². The molecule has 4 amide bonds. The van der Waals surface area contributed by atoms with Crippen LogP contribution in [0, 0.1) is 0 Å². The highest BCUT2D eigenvalue weighted by molar-refractivity contribution is 6.76. The molecule has 0 fully saturated rings. The minimum absolute atomic E-state index is 0.0835. The van der Waals surface area contributed by atoms with Crippen LogP contribution in [0.4, 0.5) is 33.2 Å². The standard InChI is InChI=1S/C62H75N7O13Si/c1-74-23-24-78-26-25-77-22-20-67(19-11-17-59(70)63-18-12-21-82-66-62(73)79-27-28-83(4,5)6)46-30-42(40-80-57-36-51-49(34-55(57)75-2)60(71)68-47(38-64-51)32-44-13-7-9-15-53(44)68)29-43(31-46)41-81-58-37-52-50(35-56(58)76-3)61(72)69-48(39-65-52)33-45-14-8-10-16-54(45)69/h7-10,13-16,29-31,34-39,47-48H,11-12,17-28,32-33,40-41H2,1-6H3,(H,63,70)(H,66,73)/t47-,48-/m0/s1. The van der Waals surface area contributed by atoms with Gasteiger partial charge in [-0.3, -0.25) is 39.0 Å². The summed E-state index contributed by atoms with van der Waals surface area (Å²) in [6, 6.07) is 29.2. The summed E-state index contributed by atoms with van der Waals surface area (Å²) in [4.78, 5) is 74.3. The Morgan fingerprint density at radius 3 is 1.75 bits per heavy atom. The van der Waals surface area contributed by atoms with Crippen molar-refractivity contribution in [3.8, 4) is 23.0 Å². The van der Waals surface area contributed by atoms with Gasteiger partial charge in [0.05, 0.1) is 95.1 Å². The van der Waals surface area contributed by atoms with E-state index in [4.69, 9.17) is 52.7 Å². The van der Waals surface area contributed by atoms with Gasteiger partial charge in [0, 0.05) is 95.7 Å². The molecule has 5 aromatic carbocycles. The molecule has 440 valence electrons. The van der Waals surface area contributed by atoms with Gasteiger partial charge < -0.3 is 48.1 Å². The molecule has 0 aliphatic carbocycles. The maximum Gasteiger partial charge on any atom is 0.431 e. The van der Waals surface area contributed by atoms with Crippen molar-refractivity contribution in [3.63, 3.8) is 0 Å². The van der Waals surface area contributed by atoms with E-state index in [2.05, 4.69) is 35.3 Å². The van der Waals surface area contributed by atoms with Crippen LogP contribution in [0.3, 0.4) is 0 Å². The van der Waals surface area contributed by atoms with Crippen molar-refractivity contribution in [2.45, 2.75) is 83.1 Å². The number of benzene rings is 5. The number of para-hydroxylation sites is 2. The Morgan fingerprint density at radius 2 is 1.19 bits per heavy atom. The minimum atomic E-state index is -1.34. The van der Waals surface area contributed by atoms with E-state index in [0.29, 0.717) is 130 Å². The summed E-state index contributed by atoms with van der Waals surface area (Å²) >= 11 is 0. The van der Waals surface area contributed by atoms with E-state index in [1.165, 1.54) is 0 Å². The molecular formula is C62H75N7O13Si. The zero-order chi connectivity index (χ0) is 58.3. The van der Waals surface area contributed by atoms with E-state index in [0.717, 1.165) is 45.4 Å². The number of methoxy groups -OCH3 is 3. The Balaban J connectivity index is 0.931. The summed E-state index contributed by atoms with van der Waals surface area (Å²) in [5.74, 6) is 1.09. The van der Waals surface area contributed by atoms with E-state index < -0.39 is 14.2 Å². The lowest BCUT2D eigenvalue weighted by atomic mass is 10.1. The average molecular weight is 1150 g/mol. The third kappa shape index (κ3) is 15.4. The first-order valence-corrected chi connectivity index (χ1v) is 32.0. The number of hydroxylamine groups is 1. The average Bonchev–Trinajstić information content (AvgIpc) is 3.86. The lowest BCUT2D eigenvalue weighted by Crippen LogP contribution is -2.37. The van der Waals surface area contributed by atoms with Crippen molar-refractivity contribution in [2.75, 3.05) is 102 Å². The number of carbonyl (C=O) groups excluding carboxylic acids is 4. The molecule has 4 heterocycles. The highest BCUT2D eigenvalue weighted by Crippen LogP contribution is 2.43. The third-order valence-corrected chi connectivity index (χ3v) is 16.3. The van der Waals surface area contributed by atoms with Crippen molar-refractivity contribution in [3.05, 3.63) is 124 Å². The van der Waals surface area contributed by atoms with Gasteiger partial charge in [-0.15, -0.1) is 0 Å². The van der Waals surface area contributed by atoms with E-state index >= 15 is 0 Å². The van der Waals surface area contributed by atoms with Crippen molar-refractivity contribution in [1.29, 1.82) is 0 Å². The zero-order valence-corrected chi connectivity index (χ0v) is 49.2. The number of amides is 4. The Bertz CT molecular complexity index is 3010. The second kappa shape index (κ2) is 28.4. The quantitative estimate of drug-likeness (QED) is 0.0250. The molecule has 0 bridgehead atoms. The Labute approximate surface area is 485 Å². The molecular weight excluding hydrogens is 1080 g/mol. The summed E-state index contributed by atoms with van der Waals surface area (Å²) in [5, 5.41) is 2.96. The van der Waals surface area contributed by atoms with Gasteiger partial charge in [0.2, 0.25) is 5.91 Å². The van der Waals surface area contributed by atoms with Crippen LogP contribution in [0.15, 0.2) is 101 Å². The highest BCUT2D eigenvalue weighted by Gasteiger charge is 2.38. The summed E-state index contributed by atoms with van der Waals surface area (Å²) in [5.41, 5.74) is 10.4. The van der Waals surface area contributed by atoms with Gasteiger partial charge in [-0.2, -0.15) is 5.48 Å². The number of fused-ring (bicyclic) bond motifs is 8. The SMILES string of the molecule is COCCOCCOCCN(CCCC(=O)NCCCONC(=O)OCC[Si](C)(C)C)c1cc(COc2cc3c(cc2OC)C(=O)N2c4ccccc4C[C@H]2C=N3)cc(COc2cc3c(cc2OC)C(=O)N2c4ccccc4C[C@H]2C=N3)c1. The maximum absolute atomic E-state index is 14.2. The van der Waals surface area contributed by atoms with Gasteiger partial charge in [0.1, 0.15) is 13.2 Å². The predicted octanol–water partition coefficient (Wildman–Crippen LogP) is 9.21. The van der Waals surface area contributed by atoms with Crippen LogP contribution in [0.2, 0.25) is 25.7 Å². The molecule has 0 saturated carbocycles. The van der Waals surface area contributed by atoms with Crippen LogP contribution in [-0.2, 0) is 54.6 Å². The van der Waals surface area contributed by atoms with Crippen LogP contribution in [0.25, 0.3) is 0 Å². The normalized spacial score (nSPS) is 15.5. The van der Waals surface area contributed by atoms with E-state index in [-0.39, 0.29) is 56.0 Å². The van der Waals surface area contributed by atoms with Gasteiger partial charge in [-0.05, 0) is 83.6 Å². The fraction of sp³-hybridized carbons (Fsp3) is 0.419. The van der Waals surface area contributed by atoms with Crippen LogP contribution in [-0.4, -0.2) is 144 Å². The molecule has 9 rings (SSSR count). The number of ether oxygens (including phenoxy) is 8. The summed E-state index contributed by atoms with van der Waals surface area (Å²) in [6.45, 7) is 10.7. The number of hydrogen-bond donors (Lipinski definition) is 2. The molecule has 0 spiro atoms. The minimum Gasteiger partial charge on any atom is -0.493 e. The Kier molecular flexibility index (Phi) is 20.5. The first-order valence-electron chi connectivity index (χ1n) is 28.2. The second-order valence-electron chi connectivity index (χ2n) is 21.7. The van der Waals surface area contributed by atoms with E-state index in [1.54, 1.807) is 55.4 Å². The largest absolute Gasteiger partial charge is 0.493 e. The molecule has 20 nitrogen and oxygen atoms in total. The fourth-order valence-electron chi connectivity index (χ4n) is 10.3. The highest BCUT2D eigenvalue weighted by atomic mass is 28.3. The molecule has 4 aliphatic heterocycles. The molecule has 83 heavy (non-hydrogen) atoms. The fourth-order valence-corrected chi connectivity index (χ4v) is 11.0. The van der Waals surface area contributed by atoms with Gasteiger partial charge in [-0.1, -0.05) is 56.0 Å². The molecule has 0 unspecified atom stereocenters. The molecule has 4 aliphatic rings. The van der Waals surface area contributed by atoms with Crippen LogP contribution >= 0.6 is 0 Å². The van der Waals surface area contributed by atoms with E-state index in [9.17, 15) is 19.2 Å². The lowest BCUT2D eigenvalue weighted by Gasteiger charge is -2.26. The molecule has 2 N–H and O–H groups in total. The molecule has 0 saturated heterocycles. The number of nitrogens with zero attached hydrogens (tertiary/aromatic N) is 5. The Hall–Kier alpha value is -7.82. The molecule has 0 aromatic heterocycles. The number of nitrogens with one attached hydrogen (secondary N) is 2. The number of carbonyl (C=O) groups is 4. The first kappa shape index (κ1) is 59.8. The second-order valence-corrected chi connectivity index (χ2v) is 27.4. The summed E-state index contributed by atoms with van der Waals surface area (Å²) in [7, 11) is 3.37. The summed E-state index contributed by atoms with van der Waals surface area (Å²) in [6.07, 6.45) is 5.57. The monoisotopic (exact) mass is 1150 g/mol. The third-order valence-electron chi connectivity index (χ3n) is 14.6. The number of aliphatic imine (C=N–C) groups is 2. The maximum atomic E-state index is 14.2. The van der Waals surface area contributed by atoms with Crippen LogP contribution < -0.4 is 44.4 Å². The van der Waals surface area contributed by atoms with Crippen LogP contribution in [0.5, 0.6) is 23.0 Å². The number of hydrogen-bond acceptors (Lipinski definition) is 16. The van der Waals surface area contributed by atoms with Crippen molar-refractivity contribution in [1.82, 2.24) is 10.8 Å². The van der Waals surface area contributed by atoms with Gasteiger partial charge in [0.25, 0.3) is 11.8 Å². The molecule has 0 radical (unpaired) electrons.